The van der Waals surface area contributed by atoms with Crippen LogP contribution in [0.15, 0.2) is 85.1 Å². The summed E-state index contributed by atoms with van der Waals surface area (Å²) in [5, 5.41) is 20.1. The number of hydrogen-bond acceptors (Lipinski definition) is 4. The zero-order chi connectivity index (χ0) is 22.9. The Balaban J connectivity index is 1.14. The minimum absolute atomic E-state index is 0.225. The molecule has 4 aromatic rings. The first-order valence-electron chi connectivity index (χ1n) is 11.0. The summed E-state index contributed by atoms with van der Waals surface area (Å²) in [5.41, 5.74) is 3.62. The van der Waals surface area contributed by atoms with Crippen molar-refractivity contribution in [3.63, 3.8) is 0 Å². The SMILES string of the molecule is O=C(Nc1ccccc1)Nc1ccc(CCNC[C@H](O)COc2cccc3[nH]ccc23)cc1. The number of nitrogens with one attached hydrogen (secondary N) is 4. The first-order valence-corrected chi connectivity index (χ1v) is 11.0. The molecule has 1 atom stereocenters. The zero-order valence-electron chi connectivity index (χ0n) is 18.3. The number of carbonyl (C=O) groups excluding carboxylic acids is 1. The van der Waals surface area contributed by atoms with Gasteiger partial charge < -0.3 is 30.8 Å². The van der Waals surface area contributed by atoms with Crippen LogP contribution in [0.25, 0.3) is 10.9 Å². The van der Waals surface area contributed by atoms with Gasteiger partial charge in [-0.2, -0.15) is 0 Å². The summed E-state index contributed by atoms with van der Waals surface area (Å²) >= 11 is 0. The Bertz CT molecular complexity index is 1160. The lowest BCUT2D eigenvalue weighted by Gasteiger charge is -2.14. The molecule has 4 rings (SSSR count). The molecule has 7 nitrogen and oxygen atoms in total. The summed E-state index contributed by atoms with van der Waals surface area (Å²) in [6.45, 7) is 1.40. The highest BCUT2D eigenvalue weighted by molar-refractivity contribution is 5.99. The van der Waals surface area contributed by atoms with Crippen LogP contribution in [0.4, 0.5) is 16.2 Å². The lowest BCUT2D eigenvalue weighted by Crippen LogP contribution is -2.32. The van der Waals surface area contributed by atoms with Crippen molar-refractivity contribution in [2.75, 3.05) is 30.3 Å². The Hall–Kier alpha value is -3.81. The molecule has 0 fully saturated rings. The maximum atomic E-state index is 12.1. The molecule has 33 heavy (non-hydrogen) atoms. The number of rotatable bonds is 10. The van der Waals surface area contributed by atoms with Crippen LogP contribution in [0.1, 0.15) is 5.56 Å². The molecule has 7 heteroatoms. The topological polar surface area (TPSA) is 98.4 Å². The number of carbonyl (C=O) groups is 1. The van der Waals surface area contributed by atoms with E-state index in [0.717, 1.165) is 46.6 Å². The molecule has 0 saturated carbocycles. The number of H-pyrrole nitrogens is 1. The highest BCUT2D eigenvalue weighted by atomic mass is 16.5. The molecule has 2 amide bonds. The Morgan fingerprint density at radius 1 is 0.909 bits per heavy atom. The fourth-order valence-electron chi connectivity index (χ4n) is 3.50. The standard InChI is InChI=1S/C26H28N4O3/c31-22(18-33-25-8-4-7-24-23(25)14-16-28-24)17-27-15-13-19-9-11-21(12-10-19)30-26(32)29-20-5-2-1-3-6-20/h1-12,14,16,22,27-28,31H,13,15,17-18H2,(H2,29,30,32)/t22-/m0/s1. The van der Waals surface area contributed by atoms with Gasteiger partial charge in [-0.1, -0.05) is 36.4 Å². The van der Waals surface area contributed by atoms with Crippen LogP contribution < -0.4 is 20.7 Å². The fraction of sp³-hybridized carbons (Fsp3) is 0.192. The summed E-state index contributed by atoms with van der Waals surface area (Å²) in [6, 6.07) is 24.5. The second kappa shape index (κ2) is 11.2. The zero-order valence-corrected chi connectivity index (χ0v) is 18.3. The van der Waals surface area contributed by atoms with Crippen LogP contribution in [0.2, 0.25) is 0 Å². The van der Waals surface area contributed by atoms with Gasteiger partial charge in [0, 0.05) is 35.0 Å². The number of urea groups is 1. The monoisotopic (exact) mass is 444 g/mol. The predicted octanol–water partition coefficient (Wildman–Crippen LogP) is 4.38. The number of fused-ring (bicyclic) bond motifs is 1. The number of benzene rings is 3. The van der Waals surface area contributed by atoms with Gasteiger partial charge in [-0.15, -0.1) is 0 Å². The molecule has 1 aromatic heterocycles. The Morgan fingerprint density at radius 3 is 2.45 bits per heavy atom. The van der Waals surface area contributed by atoms with Gasteiger partial charge in [0.2, 0.25) is 0 Å². The van der Waals surface area contributed by atoms with Gasteiger partial charge in [0.15, 0.2) is 0 Å². The number of hydrogen-bond donors (Lipinski definition) is 5. The van der Waals surface area contributed by atoms with E-state index >= 15 is 0 Å². The van der Waals surface area contributed by atoms with Gasteiger partial charge >= 0.3 is 6.03 Å². The molecular formula is C26H28N4O3. The van der Waals surface area contributed by atoms with Crippen molar-refractivity contribution in [3.05, 3.63) is 90.6 Å². The second-order valence-electron chi connectivity index (χ2n) is 7.76. The van der Waals surface area contributed by atoms with Gasteiger partial charge in [-0.05, 0) is 61.0 Å². The summed E-state index contributed by atoms with van der Waals surface area (Å²) in [6.07, 6.45) is 2.08. The maximum Gasteiger partial charge on any atom is 0.323 e. The van der Waals surface area contributed by atoms with Crippen LogP contribution in [0.3, 0.4) is 0 Å². The van der Waals surface area contributed by atoms with Crippen molar-refractivity contribution < 1.29 is 14.6 Å². The predicted molar refractivity (Wildman–Crippen MR) is 132 cm³/mol. The molecule has 3 aromatic carbocycles. The molecule has 0 aliphatic heterocycles. The molecule has 0 spiro atoms. The minimum Gasteiger partial charge on any atom is -0.490 e. The van der Waals surface area contributed by atoms with Gasteiger partial charge in [0.1, 0.15) is 18.5 Å². The first kappa shape index (κ1) is 22.4. The third-order valence-electron chi connectivity index (χ3n) is 5.20. The van der Waals surface area contributed by atoms with Crippen LogP contribution in [0, 0.1) is 0 Å². The van der Waals surface area contributed by atoms with Crippen molar-refractivity contribution in [3.8, 4) is 5.75 Å². The van der Waals surface area contributed by atoms with Gasteiger partial charge in [-0.3, -0.25) is 0 Å². The summed E-state index contributed by atoms with van der Waals surface area (Å²) < 4.78 is 5.79. The van der Waals surface area contributed by atoms with E-state index in [1.165, 1.54) is 0 Å². The molecule has 0 aliphatic rings. The largest absolute Gasteiger partial charge is 0.490 e. The van der Waals surface area contributed by atoms with Crippen LogP contribution in [0.5, 0.6) is 5.75 Å². The maximum absolute atomic E-state index is 12.1. The van der Waals surface area contributed by atoms with E-state index in [1.807, 2.05) is 85.1 Å². The third-order valence-corrected chi connectivity index (χ3v) is 5.20. The quantitative estimate of drug-likeness (QED) is 0.234. The summed E-state index contributed by atoms with van der Waals surface area (Å²) in [7, 11) is 0. The molecule has 0 aliphatic carbocycles. The molecule has 0 saturated heterocycles. The van der Waals surface area contributed by atoms with E-state index in [-0.39, 0.29) is 12.6 Å². The first-order chi connectivity index (χ1) is 16.2. The molecule has 170 valence electrons. The number of ether oxygens (including phenoxy) is 1. The van der Waals surface area contributed by atoms with E-state index in [9.17, 15) is 9.90 Å². The van der Waals surface area contributed by atoms with Crippen molar-refractivity contribution in [1.82, 2.24) is 10.3 Å². The fourth-order valence-corrected chi connectivity index (χ4v) is 3.50. The molecule has 0 radical (unpaired) electrons. The summed E-state index contributed by atoms with van der Waals surface area (Å²) in [5.74, 6) is 0.763. The van der Waals surface area contributed by atoms with Crippen molar-refractivity contribution >= 4 is 28.3 Å². The average molecular weight is 445 g/mol. The van der Waals surface area contributed by atoms with E-state index in [4.69, 9.17) is 4.74 Å². The molecule has 0 unspecified atom stereocenters. The number of anilines is 2. The smallest absolute Gasteiger partial charge is 0.323 e. The Kier molecular flexibility index (Phi) is 7.58. The second-order valence-corrected chi connectivity index (χ2v) is 7.76. The lowest BCUT2D eigenvalue weighted by atomic mass is 10.1. The Labute approximate surface area is 192 Å². The normalized spacial score (nSPS) is 11.8. The van der Waals surface area contributed by atoms with E-state index < -0.39 is 6.10 Å². The molecule has 1 heterocycles. The number of aromatic amines is 1. The number of para-hydroxylation sites is 1. The lowest BCUT2D eigenvalue weighted by molar-refractivity contribution is 0.107. The Morgan fingerprint density at radius 2 is 1.67 bits per heavy atom. The van der Waals surface area contributed by atoms with E-state index in [1.54, 1.807) is 0 Å². The van der Waals surface area contributed by atoms with Gasteiger partial charge in [-0.25, -0.2) is 4.79 Å². The van der Waals surface area contributed by atoms with E-state index in [0.29, 0.717) is 6.54 Å². The highest BCUT2D eigenvalue weighted by Gasteiger charge is 2.08. The van der Waals surface area contributed by atoms with Crippen molar-refractivity contribution in [1.29, 1.82) is 0 Å². The van der Waals surface area contributed by atoms with Crippen LogP contribution in [-0.2, 0) is 6.42 Å². The van der Waals surface area contributed by atoms with Gasteiger partial charge in [0.25, 0.3) is 0 Å². The van der Waals surface area contributed by atoms with Crippen LogP contribution >= 0.6 is 0 Å². The number of aromatic nitrogens is 1. The van der Waals surface area contributed by atoms with Gasteiger partial charge in [0.05, 0.1) is 0 Å². The molecular weight excluding hydrogens is 416 g/mol. The van der Waals surface area contributed by atoms with Crippen molar-refractivity contribution in [2.45, 2.75) is 12.5 Å². The summed E-state index contributed by atoms with van der Waals surface area (Å²) in [4.78, 5) is 15.2. The third kappa shape index (κ3) is 6.58. The minimum atomic E-state index is -0.603. The molecule has 5 N–H and O–H groups in total. The van der Waals surface area contributed by atoms with E-state index in [2.05, 4.69) is 20.9 Å². The molecule has 0 bridgehead atoms. The van der Waals surface area contributed by atoms with Crippen LogP contribution in [-0.4, -0.2) is 41.9 Å². The highest BCUT2D eigenvalue weighted by Crippen LogP contribution is 2.24. The number of amides is 2. The van der Waals surface area contributed by atoms with Crippen molar-refractivity contribution in [2.24, 2.45) is 0 Å². The number of aliphatic hydroxyl groups excluding tert-OH is 1. The number of aliphatic hydroxyl groups is 1. The average Bonchev–Trinajstić information content (AvgIpc) is 3.32.